The normalized spacial score (nSPS) is 11.7. The fraction of sp³-hybridized carbons (Fsp3) is 0.310. The van der Waals surface area contributed by atoms with Gasteiger partial charge in [0.25, 0.3) is 5.91 Å². The molecule has 0 heterocycles. The average Bonchev–Trinajstić information content (AvgIpc) is 2.86. The topological polar surface area (TPSA) is 58.6 Å². The maximum Gasteiger partial charge on any atom is 0.261 e. The lowest BCUT2D eigenvalue weighted by Crippen LogP contribution is -2.52. The van der Waals surface area contributed by atoms with E-state index in [9.17, 15) is 9.59 Å². The van der Waals surface area contributed by atoms with Gasteiger partial charge < -0.3 is 15.0 Å². The summed E-state index contributed by atoms with van der Waals surface area (Å²) in [7, 11) is 0. The minimum absolute atomic E-state index is 0.144. The Kier molecular flexibility index (Phi) is 10.1. The van der Waals surface area contributed by atoms with Gasteiger partial charge in [0.2, 0.25) is 5.91 Å². The van der Waals surface area contributed by atoms with Crippen LogP contribution in [0.2, 0.25) is 0 Å². The highest BCUT2D eigenvalue weighted by Gasteiger charge is 2.30. The molecule has 2 amide bonds. The van der Waals surface area contributed by atoms with Crippen LogP contribution in [-0.4, -0.2) is 35.9 Å². The molecule has 6 heteroatoms. The molecule has 0 bridgehead atoms. The second kappa shape index (κ2) is 13.3. The van der Waals surface area contributed by atoms with Gasteiger partial charge in [0.05, 0.1) is 0 Å². The summed E-state index contributed by atoms with van der Waals surface area (Å²) in [5.41, 5.74) is 3.11. The molecule has 0 aliphatic heterocycles. The first-order valence-corrected chi connectivity index (χ1v) is 12.9. The molecule has 184 valence electrons. The smallest absolute Gasteiger partial charge is 0.261 e. The Morgan fingerprint density at radius 2 is 1.57 bits per heavy atom. The van der Waals surface area contributed by atoms with Crippen molar-refractivity contribution >= 4 is 34.4 Å². The van der Waals surface area contributed by atoms with Crippen LogP contribution >= 0.6 is 22.6 Å². The molecule has 3 aromatic carbocycles. The van der Waals surface area contributed by atoms with Gasteiger partial charge in [-0.15, -0.1) is 0 Å². The van der Waals surface area contributed by atoms with Crippen molar-refractivity contribution in [3.8, 4) is 5.75 Å². The monoisotopic (exact) mass is 584 g/mol. The Bertz CT molecular complexity index is 1080. The number of aryl methyl sites for hydroxylation is 1. The molecule has 1 N–H and O–H groups in total. The van der Waals surface area contributed by atoms with Crippen LogP contribution in [0.4, 0.5) is 0 Å². The van der Waals surface area contributed by atoms with Gasteiger partial charge in [0.1, 0.15) is 11.8 Å². The van der Waals surface area contributed by atoms with Crippen LogP contribution in [0, 0.1) is 16.4 Å². The Morgan fingerprint density at radius 1 is 0.914 bits per heavy atom. The van der Waals surface area contributed by atoms with Crippen molar-refractivity contribution in [2.75, 3.05) is 13.2 Å². The third-order valence-corrected chi connectivity index (χ3v) is 6.32. The van der Waals surface area contributed by atoms with Crippen molar-refractivity contribution in [1.82, 2.24) is 10.2 Å². The van der Waals surface area contributed by atoms with Gasteiger partial charge in [0.15, 0.2) is 6.61 Å². The minimum atomic E-state index is -0.662. The number of rotatable bonds is 11. The molecule has 0 unspecified atom stereocenters. The Labute approximate surface area is 222 Å². The van der Waals surface area contributed by atoms with Gasteiger partial charge in [-0.1, -0.05) is 74.0 Å². The lowest BCUT2D eigenvalue weighted by atomic mass is 10.0. The summed E-state index contributed by atoms with van der Waals surface area (Å²) in [6.07, 6.45) is 0.423. The van der Waals surface area contributed by atoms with Crippen LogP contribution < -0.4 is 10.1 Å². The number of amides is 2. The summed E-state index contributed by atoms with van der Waals surface area (Å²) >= 11 is 2.23. The largest absolute Gasteiger partial charge is 0.484 e. The van der Waals surface area contributed by atoms with Gasteiger partial charge in [-0.25, -0.2) is 0 Å². The van der Waals surface area contributed by atoms with Crippen molar-refractivity contribution in [3.63, 3.8) is 0 Å². The molecule has 0 aliphatic carbocycles. The minimum Gasteiger partial charge on any atom is -0.484 e. The summed E-state index contributed by atoms with van der Waals surface area (Å²) in [6, 6.07) is 24.7. The van der Waals surface area contributed by atoms with E-state index in [0.29, 0.717) is 31.2 Å². The Morgan fingerprint density at radius 3 is 2.20 bits per heavy atom. The third kappa shape index (κ3) is 8.69. The average molecular weight is 584 g/mol. The second-order valence-corrected chi connectivity index (χ2v) is 10.3. The van der Waals surface area contributed by atoms with Crippen LogP contribution in [0.25, 0.3) is 0 Å². The van der Waals surface area contributed by atoms with Crippen molar-refractivity contribution in [2.45, 2.75) is 39.8 Å². The van der Waals surface area contributed by atoms with Gasteiger partial charge in [0, 0.05) is 23.1 Å². The molecular weight excluding hydrogens is 551 g/mol. The molecule has 0 radical (unpaired) electrons. The van der Waals surface area contributed by atoms with E-state index in [-0.39, 0.29) is 18.4 Å². The highest BCUT2D eigenvalue weighted by atomic mass is 127. The number of benzene rings is 3. The summed E-state index contributed by atoms with van der Waals surface area (Å²) in [5, 5.41) is 3.04. The van der Waals surface area contributed by atoms with Gasteiger partial charge in [-0.2, -0.15) is 0 Å². The number of hydrogen-bond acceptors (Lipinski definition) is 3. The highest BCUT2D eigenvalue weighted by molar-refractivity contribution is 14.1. The summed E-state index contributed by atoms with van der Waals surface area (Å²) < 4.78 is 6.90. The third-order valence-electron chi connectivity index (χ3n) is 5.61. The highest BCUT2D eigenvalue weighted by Crippen LogP contribution is 2.17. The SMILES string of the molecule is Cc1ccc(CN(C(=O)COc2ccc(I)cc2)[C@H](Cc2ccccc2)C(=O)NCC(C)C)cc1. The molecule has 35 heavy (non-hydrogen) atoms. The Balaban J connectivity index is 1.88. The molecule has 3 rings (SSSR count). The van der Waals surface area contributed by atoms with Crippen LogP contribution in [0.15, 0.2) is 78.9 Å². The first-order valence-electron chi connectivity index (χ1n) is 11.9. The van der Waals surface area contributed by atoms with Crippen molar-refractivity contribution in [1.29, 1.82) is 0 Å². The van der Waals surface area contributed by atoms with Gasteiger partial charge in [-0.3, -0.25) is 9.59 Å². The van der Waals surface area contributed by atoms with Crippen molar-refractivity contribution < 1.29 is 14.3 Å². The Hall–Kier alpha value is -2.87. The molecular formula is C29H33IN2O3. The van der Waals surface area contributed by atoms with Gasteiger partial charge in [-0.05, 0) is 70.8 Å². The first-order chi connectivity index (χ1) is 16.8. The molecule has 0 aromatic heterocycles. The quantitative estimate of drug-likeness (QED) is 0.308. The van der Waals surface area contributed by atoms with Crippen molar-refractivity contribution in [2.24, 2.45) is 5.92 Å². The van der Waals surface area contributed by atoms with E-state index in [1.54, 1.807) is 4.90 Å². The maximum atomic E-state index is 13.5. The first kappa shape index (κ1) is 26.7. The maximum absolute atomic E-state index is 13.5. The summed E-state index contributed by atoms with van der Waals surface area (Å²) in [6.45, 7) is 6.86. The zero-order chi connectivity index (χ0) is 25.2. The van der Waals surface area contributed by atoms with E-state index in [1.807, 2.05) is 85.8 Å². The number of carbonyl (C=O) groups excluding carboxylic acids is 2. The number of nitrogens with one attached hydrogen (secondary N) is 1. The summed E-state index contributed by atoms with van der Waals surface area (Å²) in [5.74, 6) is 0.543. The van der Waals surface area contributed by atoms with E-state index in [0.717, 1.165) is 20.3 Å². The molecule has 0 fully saturated rings. The molecule has 0 aliphatic rings. The predicted octanol–water partition coefficient (Wildman–Crippen LogP) is 5.39. The number of hydrogen-bond donors (Lipinski definition) is 1. The second-order valence-electron chi connectivity index (χ2n) is 9.09. The van der Waals surface area contributed by atoms with E-state index >= 15 is 0 Å². The van der Waals surface area contributed by atoms with Crippen LogP contribution in [0.5, 0.6) is 5.75 Å². The zero-order valence-electron chi connectivity index (χ0n) is 20.5. The molecule has 5 nitrogen and oxygen atoms in total. The number of halogens is 1. The van der Waals surface area contributed by atoms with E-state index in [1.165, 1.54) is 0 Å². The van der Waals surface area contributed by atoms with E-state index in [4.69, 9.17) is 4.74 Å². The van der Waals surface area contributed by atoms with Crippen LogP contribution in [-0.2, 0) is 22.6 Å². The molecule has 0 spiro atoms. The molecule has 0 saturated carbocycles. The standard InChI is InChI=1S/C29H33IN2O3/c1-21(2)18-31-29(34)27(17-23-7-5-4-6-8-23)32(19-24-11-9-22(3)10-12-24)28(33)20-35-26-15-13-25(30)14-16-26/h4-16,21,27H,17-20H2,1-3H3,(H,31,34)/t27-/m1/s1. The van der Waals surface area contributed by atoms with Gasteiger partial charge >= 0.3 is 0 Å². The lowest BCUT2D eigenvalue weighted by molar-refractivity contribution is -0.142. The lowest BCUT2D eigenvalue weighted by Gasteiger charge is -2.31. The number of carbonyl (C=O) groups is 2. The molecule has 3 aromatic rings. The van der Waals surface area contributed by atoms with E-state index in [2.05, 4.69) is 41.8 Å². The predicted molar refractivity (Wildman–Crippen MR) is 148 cm³/mol. The number of ether oxygens (including phenoxy) is 1. The van der Waals surface area contributed by atoms with Crippen LogP contribution in [0.3, 0.4) is 0 Å². The van der Waals surface area contributed by atoms with Crippen LogP contribution in [0.1, 0.15) is 30.5 Å². The van der Waals surface area contributed by atoms with Crippen molar-refractivity contribution in [3.05, 3.63) is 99.1 Å². The molecule has 0 saturated heterocycles. The van der Waals surface area contributed by atoms with E-state index < -0.39 is 6.04 Å². The summed E-state index contributed by atoms with van der Waals surface area (Å²) in [4.78, 5) is 28.6. The number of nitrogens with zero attached hydrogens (tertiary/aromatic N) is 1. The molecule has 1 atom stereocenters. The fourth-order valence-corrected chi connectivity index (χ4v) is 3.99. The zero-order valence-corrected chi connectivity index (χ0v) is 22.7. The fourth-order valence-electron chi connectivity index (χ4n) is 3.63.